The van der Waals surface area contributed by atoms with Gasteiger partial charge in [0.2, 0.25) is 0 Å². The third-order valence-corrected chi connectivity index (χ3v) is 3.87. The highest BCUT2D eigenvalue weighted by Gasteiger charge is 2.27. The highest BCUT2D eigenvalue weighted by atomic mass is 32.2. The van der Waals surface area contributed by atoms with Gasteiger partial charge in [-0.15, -0.1) is 0 Å². The molecule has 0 N–H and O–H groups in total. The summed E-state index contributed by atoms with van der Waals surface area (Å²) in [5.41, 5.74) is -0.458. The summed E-state index contributed by atoms with van der Waals surface area (Å²) >= 11 is 1.64. The Morgan fingerprint density at radius 1 is 1.24 bits per heavy atom. The molecule has 1 fully saturated rings. The van der Waals surface area contributed by atoms with Crippen molar-refractivity contribution in [3.8, 4) is 0 Å². The van der Waals surface area contributed by atoms with Crippen LogP contribution in [-0.4, -0.2) is 54.3 Å². The zero-order chi connectivity index (χ0) is 15.9. The van der Waals surface area contributed by atoms with E-state index in [4.69, 9.17) is 9.47 Å². The van der Waals surface area contributed by atoms with Gasteiger partial charge in [-0.25, -0.2) is 4.79 Å². The molecule has 0 aromatic rings. The van der Waals surface area contributed by atoms with Crippen LogP contribution in [0.2, 0.25) is 0 Å². The second-order valence-electron chi connectivity index (χ2n) is 6.34. The molecule has 0 radical (unpaired) electrons. The van der Waals surface area contributed by atoms with Gasteiger partial charge < -0.3 is 14.4 Å². The predicted molar refractivity (Wildman–Crippen MR) is 84.5 cm³/mol. The predicted octanol–water partition coefficient (Wildman–Crippen LogP) is 2.93. The number of nitrogens with zero attached hydrogens (tertiary/aromatic N) is 1. The van der Waals surface area contributed by atoms with Gasteiger partial charge in [-0.2, -0.15) is 11.8 Å². The lowest BCUT2D eigenvalue weighted by molar-refractivity contribution is -0.145. The smallest absolute Gasteiger partial charge is 0.410 e. The molecule has 0 atom stereocenters. The number of thioether (sulfide) groups is 1. The molecule has 0 saturated carbocycles. The van der Waals surface area contributed by atoms with E-state index >= 15 is 0 Å². The molecule has 0 aromatic heterocycles. The molecule has 0 bridgehead atoms. The zero-order valence-electron chi connectivity index (χ0n) is 13.5. The van der Waals surface area contributed by atoms with Crippen molar-refractivity contribution in [2.75, 3.05) is 31.7 Å². The van der Waals surface area contributed by atoms with Gasteiger partial charge in [-0.1, -0.05) is 0 Å². The minimum Gasteiger partial charge on any atom is -0.465 e. The fourth-order valence-corrected chi connectivity index (χ4v) is 2.45. The number of rotatable bonds is 5. The maximum Gasteiger partial charge on any atom is 0.410 e. The third-order valence-electron chi connectivity index (χ3n) is 3.26. The maximum absolute atomic E-state index is 11.9. The molecule has 0 unspecified atom stereocenters. The molecule has 0 aliphatic carbocycles. The highest BCUT2D eigenvalue weighted by molar-refractivity contribution is 7.98. The summed E-state index contributed by atoms with van der Waals surface area (Å²) in [6.07, 6.45) is 3.90. The summed E-state index contributed by atoms with van der Waals surface area (Å²) in [6.45, 7) is 7.41. The first-order chi connectivity index (χ1) is 9.81. The Morgan fingerprint density at radius 2 is 1.86 bits per heavy atom. The average molecular weight is 317 g/mol. The molecular weight excluding hydrogens is 290 g/mol. The Balaban J connectivity index is 2.23. The van der Waals surface area contributed by atoms with Crippen LogP contribution in [0.15, 0.2) is 0 Å². The van der Waals surface area contributed by atoms with E-state index in [2.05, 4.69) is 0 Å². The van der Waals surface area contributed by atoms with Gasteiger partial charge >= 0.3 is 12.1 Å². The van der Waals surface area contributed by atoms with Crippen LogP contribution in [0, 0.1) is 5.92 Å². The normalized spacial score (nSPS) is 16.7. The van der Waals surface area contributed by atoms with E-state index in [0.29, 0.717) is 32.0 Å². The van der Waals surface area contributed by atoms with Crippen LogP contribution in [0.1, 0.15) is 40.0 Å². The van der Waals surface area contributed by atoms with Crippen LogP contribution < -0.4 is 0 Å². The lowest BCUT2D eigenvalue weighted by atomic mass is 9.98. The van der Waals surface area contributed by atoms with E-state index in [-0.39, 0.29) is 12.1 Å². The number of piperidine rings is 1. The van der Waals surface area contributed by atoms with Crippen molar-refractivity contribution in [1.82, 2.24) is 4.90 Å². The van der Waals surface area contributed by atoms with Crippen LogP contribution in [-0.2, 0) is 14.3 Å². The summed E-state index contributed by atoms with van der Waals surface area (Å²) in [5.74, 6) is 1.02. The van der Waals surface area contributed by atoms with E-state index in [0.717, 1.165) is 18.6 Å². The summed E-state index contributed by atoms with van der Waals surface area (Å²) in [7, 11) is 0. The molecule has 6 heteroatoms. The number of amides is 1. The molecular formula is C15H27NO4S. The van der Waals surface area contributed by atoms with Crippen molar-refractivity contribution in [2.24, 2.45) is 5.92 Å². The topological polar surface area (TPSA) is 55.8 Å². The molecule has 1 aliphatic heterocycles. The van der Waals surface area contributed by atoms with E-state index < -0.39 is 5.60 Å². The number of carbonyl (C=O) groups is 2. The molecule has 0 aromatic carbocycles. The molecule has 1 amide bonds. The molecule has 5 nitrogen and oxygen atoms in total. The first kappa shape index (κ1) is 18.1. The summed E-state index contributed by atoms with van der Waals surface area (Å²) < 4.78 is 10.6. The number of hydrogen-bond donors (Lipinski definition) is 0. The van der Waals surface area contributed by atoms with Crippen molar-refractivity contribution in [1.29, 1.82) is 0 Å². The minimum absolute atomic E-state index is 0.126. The van der Waals surface area contributed by atoms with Gasteiger partial charge in [-0.3, -0.25) is 4.79 Å². The number of esters is 1. The molecule has 1 rings (SSSR count). The van der Waals surface area contributed by atoms with E-state index in [1.165, 1.54) is 0 Å². The SMILES string of the molecule is CSCCC(=O)OCC1CCN(C(=O)OC(C)(C)C)CC1. The number of carbonyl (C=O) groups excluding carboxylic acids is 2. The average Bonchev–Trinajstić information content (AvgIpc) is 2.41. The van der Waals surface area contributed by atoms with Crippen LogP contribution in [0.25, 0.3) is 0 Å². The van der Waals surface area contributed by atoms with Gasteiger partial charge in [0.05, 0.1) is 13.0 Å². The largest absolute Gasteiger partial charge is 0.465 e. The van der Waals surface area contributed by atoms with E-state index in [9.17, 15) is 9.59 Å². The number of hydrogen-bond acceptors (Lipinski definition) is 5. The van der Waals surface area contributed by atoms with Crippen molar-refractivity contribution in [3.63, 3.8) is 0 Å². The summed E-state index contributed by atoms with van der Waals surface area (Å²) in [5, 5.41) is 0. The lowest BCUT2D eigenvalue weighted by Crippen LogP contribution is -2.42. The second-order valence-corrected chi connectivity index (χ2v) is 7.32. The molecule has 1 aliphatic rings. The van der Waals surface area contributed by atoms with Crippen molar-refractivity contribution < 1.29 is 19.1 Å². The lowest BCUT2D eigenvalue weighted by Gasteiger charge is -2.33. The minimum atomic E-state index is -0.458. The fourth-order valence-electron chi connectivity index (χ4n) is 2.08. The van der Waals surface area contributed by atoms with Crippen molar-refractivity contribution in [2.45, 2.75) is 45.6 Å². The van der Waals surface area contributed by atoms with Crippen molar-refractivity contribution >= 4 is 23.8 Å². The fraction of sp³-hybridized carbons (Fsp3) is 0.867. The first-order valence-corrected chi connectivity index (χ1v) is 8.83. The van der Waals surface area contributed by atoms with Gasteiger partial charge in [0.1, 0.15) is 5.60 Å². The Labute approximate surface area is 131 Å². The van der Waals surface area contributed by atoms with E-state index in [1.54, 1.807) is 16.7 Å². The van der Waals surface area contributed by atoms with Crippen LogP contribution >= 0.6 is 11.8 Å². The standard InChI is InChI=1S/C15H27NO4S/c1-15(2,3)20-14(18)16-8-5-12(6-9-16)11-19-13(17)7-10-21-4/h12H,5-11H2,1-4H3. The summed E-state index contributed by atoms with van der Waals surface area (Å²) in [4.78, 5) is 25.1. The quantitative estimate of drug-likeness (QED) is 0.730. The summed E-state index contributed by atoms with van der Waals surface area (Å²) in [6, 6.07) is 0. The second kappa shape index (κ2) is 8.51. The van der Waals surface area contributed by atoms with Crippen LogP contribution in [0.4, 0.5) is 4.79 Å². The molecule has 122 valence electrons. The Kier molecular flexibility index (Phi) is 7.35. The number of likely N-dealkylation sites (tertiary alicyclic amines) is 1. The highest BCUT2D eigenvalue weighted by Crippen LogP contribution is 2.20. The maximum atomic E-state index is 11.9. The van der Waals surface area contributed by atoms with Gasteiger partial charge in [0.15, 0.2) is 0 Å². The van der Waals surface area contributed by atoms with Gasteiger partial charge in [-0.05, 0) is 45.8 Å². The Hall–Kier alpha value is -0.910. The van der Waals surface area contributed by atoms with Crippen LogP contribution in [0.5, 0.6) is 0 Å². The first-order valence-electron chi connectivity index (χ1n) is 7.44. The monoisotopic (exact) mass is 317 g/mol. The molecule has 1 heterocycles. The van der Waals surface area contributed by atoms with E-state index in [1.807, 2.05) is 27.0 Å². The Morgan fingerprint density at radius 3 is 2.38 bits per heavy atom. The van der Waals surface area contributed by atoms with Gasteiger partial charge in [0, 0.05) is 18.8 Å². The third kappa shape index (κ3) is 7.60. The molecule has 0 spiro atoms. The zero-order valence-corrected chi connectivity index (χ0v) is 14.3. The molecule has 1 saturated heterocycles. The van der Waals surface area contributed by atoms with Crippen molar-refractivity contribution in [3.05, 3.63) is 0 Å². The van der Waals surface area contributed by atoms with Crippen LogP contribution in [0.3, 0.4) is 0 Å². The number of ether oxygens (including phenoxy) is 2. The van der Waals surface area contributed by atoms with Gasteiger partial charge in [0.25, 0.3) is 0 Å². The molecule has 21 heavy (non-hydrogen) atoms. The Bertz CT molecular complexity index is 346.